The molecule has 1 fully saturated rings. The Morgan fingerprint density at radius 2 is 1.72 bits per heavy atom. The summed E-state index contributed by atoms with van der Waals surface area (Å²) in [5.74, 6) is -0.339. The van der Waals surface area contributed by atoms with E-state index in [2.05, 4.69) is 15.4 Å². The highest BCUT2D eigenvalue weighted by Crippen LogP contribution is 2.19. The summed E-state index contributed by atoms with van der Waals surface area (Å²) in [4.78, 5) is 30.3. The number of likely N-dealkylation sites (tertiary alicyclic amines) is 1. The minimum Gasteiger partial charge on any atom is -0.490 e. The SMILES string of the molecule is O=C(Nc1ccc(-n2cncn2)cc1)C(=O)N1CCC(Oc2ccccc2)CC1. The molecule has 0 spiro atoms. The minimum atomic E-state index is -0.638. The van der Waals surface area contributed by atoms with Crippen LogP contribution in [0.3, 0.4) is 0 Å². The topological polar surface area (TPSA) is 89.3 Å². The summed E-state index contributed by atoms with van der Waals surface area (Å²) in [6.07, 6.45) is 4.47. The molecule has 8 nitrogen and oxygen atoms in total. The van der Waals surface area contributed by atoms with Crippen molar-refractivity contribution >= 4 is 17.5 Å². The Labute approximate surface area is 168 Å². The van der Waals surface area contributed by atoms with E-state index in [1.54, 1.807) is 40.2 Å². The van der Waals surface area contributed by atoms with Gasteiger partial charge in [0.1, 0.15) is 24.5 Å². The number of benzene rings is 2. The number of carbonyl (C=O) groups excluding carboxylic acids is 2. The van der Waals surface area contributed by atoms with Crippen molar-refractivity contribution in [3.63, 3.8) is 0 Å². The fourth-order valence-electron chi connectivity index (χ4n) is 3.24. The maximum absolute atomic E-state index is 12.5. The van der Waals surface area contributed by atoms with E-state index in [0.29, 0.717) is 31.6 Å². The molecule has 0 radical (unpaired) electrons. The molecule has 2 amide bonds. The summed E-state index contributed by atoms with van der Waals surface area (Å²) in [6.45, 7) is 0.990. The van der Waals surface area contributed by atoms with Gasteiger partial charge in [0.05, 0.1) is 5.69 Å². The van der Waals surface area contributed by atoms with Crippen LogP contribution in [-0.4, -0.2) is 50.7 Å². The van der Waals surface area contributed by atoms with E-state index in [9.17, 15) is 9.59 Å². The van der Waals surface area contributed by atoms with Crippen LogP contribution in [0.2, 0.25) is 0 Å². The lowest BCUT2D eigenvalue weighted by Gasteiger charge is -2.31. The average molecular weight is 391 g/mol. The van der Waals surface area contributed by atoms with Gasteiger partial charge in [-0.3, -0.25) is 9.59 Å². The molecule has 1 aliphatic rings. The smallest absolute Gasteiger partial charge is 0.313 e. The van der Waals surface area contributed by atoms with E-state index in [-0.39, 0.29) is 6.10 Å². The first-order valence-electron chi connectivity index (χ1n) is 9.46. The van der Waals surface area contributed by atoms with Gasteiger partial charge in [-0.25, -0.2) is 9.67 Å². The number of nitrogens with zero attached hydrogens (tertiary/aromatic N) is 4. The normalized spacial score (nSPS) is 14.4. The van der Waals surface area contributed by atoms with Crippen LogP contribution < -0.4 is 10.1 Å². The molecular formula is C21H21N5O3. The van der Waals surface area contributed by atoms with Crippen molar-refractivity contribution in [1.29, 1.82) is 0 Å². The van der Waals surface area contributed by atoms with Gasteiger partial charge in [0.25, 0.3) is 0 Å². The van der Waals surface area contributed by atoms with Gasteiger partial charge in [0.2, 0.25) is 0 Å². The number of ether oxygens (including phenoxy) is 1. The number of piperidine rings is 1. The van der Waals surface area contributed by atoms with Gasteiger partial charge in [-0.15, -0.1) is 0 Å². The number of hydrogen-bond acceptors (Lipinski definition) is 5. The van der Waals surface area contributed by atoms with E-state index >= 15 is 0 Å². The molecule has 0 unspecified atom stereocenters. The summed E-state index contributed by atoms with van der Waals surface area (Å²) in [5, 5.41) is 6.70. The number of amides is 2. The number of nitrogens with one attached hydrogen (secondary N) is 1. The quantitative estimate of drug-likeness (QED) is 0.689. The highest BCUT2D eigenvalue weighted by molar-refractivity contribution is 6.39. The third-order valence-corrected chi connectivity index (χ3v) is 4.78. The standard InChI is InChI=1S/C21H21N5O3/c27-20(24-16-6-8-17(9-7-16)26-15-22-14-23-26)21(28)25-12-10-19(11-13-25)29-18-4-2-1-3-5-18/h1-9,14-15,19H,10-13H2,(H,24,27). The lowest BCUT2D eigenvalue weighted by molar-refractivity contribution is -0.144. The number of rotatable bonds is 4. The van der Waals surface area contributed by atoms with E-state index in [1.807, 2.05) is 30.3 Å². The molecule has 0 saturated carbocycles. The molecule has 2 heterocycles. The summed E-state index contributed by atoms with van der Waals surface area (Å²) < 4.78 is 7.54. The highest BCUT2D eigenvalue weighted by atomic mass is 16.5. The molecule has 2 aromatic carbocycles. The maximum Gasteiger partial charge on any atom is 0.313 e. The Morgan fingerprint density at radius 3 is 2.38 bits per heavy atom. The average Bonchev–Trinajstić information content (AvgIpc) is 3.30. The van der Waals surface area contributed by atoms with E-state index in [0.717, 1.165) is 11.4 Å². The Morgan fingerprint density at radius 1 is 1.00 bits per heavy atom. The lowest BCUT2D eigenvalue weighted by atomic mass is 10.1. The summed E-state index contributed by atoms with van der Waals surface area (Å²) in [6, 6.07) is 16.7. The van der Waals surface area contributed by atoms with E-state index in [4.69, 9.17) is 4.74 Å². The van der Waals surface area contributed by atoms with Crippen molar-refractivity contribution in [3.8, 4) is 11.4 Å². The van der Waals surface area contributed by atoms with Crippen LogP contribution >= 0.6 is 0 Å². The molecule has 1 aromatic heterocycles. The second-order valence-electron chi connectivity index (χ2n) is 6.76. The Balaban J connectivity index is 1.28. The fraction of sp³-hybridized carbons (Fsp3) is 0.238. The Hall–Kier alpha value is -3.68. The second-order valence-corrected chi connectivity index (χ2v) is 6.76. The van der Waals surface area contributed by atoms with Crippen LogP contribution in [-0.2, 0) is 9.59 Å². The molecule has 1 N–H and O–H groups in total. The summed E-state index contributed by atoms with van der Waals surface area (Å²) >= 11 is 0. The fourth-order valence-corrected chi connectivity index (χ4v) is 3.24. The number of aromatic nitrogens is 3. The van der Waals surface area contributed by atoms with Gasteiger partial charge in [-0.1, -0.05) is 18.2 Å². The molecule has 8 heteroatoms. The van der Waals surface area contributed by atoms with Crippen LogP contribution in [0.15, 0.2) is 67.3 Å². The predicted molar refractivity (Wildman–Crippen MR) is 107 cm³/mol. The zero-order valence-electron chi connectivity index (χ0n) is 15.8. The lowest BCUT2D eigenvalue weighted by Crippen LogP contribution is -2.46. The molecule has 0 aliphatic carbocycles. The molecular weight excluding hydrogens is 370 g/mol. The van der Waals surface area contributed by atoms with Crippen molar-refractivity contribution < 1.29 is 14.3 Å². The van der Waals surface area contributed by atoms with Crippen LogP contribution in [0.4, 0.5) is 5.69 Å². The Bertz CT molecular complexity index is 950. The molecule has 0 bridgehead atoms. The molecule has 148 valence electrons. The predicted octanol–water partition coefficient (Wildman–Crippen LogP) is 2.28. The molecule has 4 rings (SSSR count). The van der Waals surface area contributed by atoms with Gasteiger partial charge in [0, 0.05) is 31.6 Å². The maximum atomic E-state index is 12.5. The molecule has 0 atom stereocenters. The monoisotopic (exact) mass is 391 g/mol. The Kier molecular flexibility index (Phi) is 5.51. The van der Waals surface area contributed by atoms with Gasteiger partial charge in [-0.05, 0) is 36.4 Å². The van der Waals surface area contributed by atoms with Gasteiger partial charge < -0.3 is 15.0 Å². The third-order valence-electron chi connectivity index (χ3n) is 4.78. The molecule has 1 aliphatic heterocycles. The molecule has 29 heavy (non-hydrogen) atoms. The van der Waals surface area contributed by atoms with Crippen molar-refractivity contribution in [2.75, 3.05) is 18.4 Å². The van der Waals surface area contributed by atoms with Gasteiger partial charge in [-0.2, -0.15) is 5.10 Å². The number of hydrogen-bond donors (Lipinski definition) is 1. The van der Waals surface area contributed by atoms with Crippen molar-refractivity contribution in [3.05, 3.63) is 67.3 Å². The van der Waals surface area contributed by atoms with Crippen LogP contribution in [0, 0.1) is 0 Å². The number of carbonyl (C=O) groups is 2. The van der Waals surface area contributed by atoms with Crippen LogP contribution in [0.1, 0.15) is 12.8 Å². The molecule has 1 saturated heterocycles. The molecule has 3 aromatic rings. The first-order chi connectivity index (χ1) is 14.2. The number of para-hydroxylation sites is 1. The third kappa shape index (κ3) is 4.60. The van der Waals surface area contributed by atoms with Gasteiger partial charge in [0.15, 0.2) is 0 Å². The minimum absolute atomic E-state index is 0.0499. The van der Waals surface area contributed by atoms with E-state index < -0.39 is 11.8 Å². The largest absolute Gasteiger partial charge is 0.490 e. The summed E-state index contributed by atoms with van der Waals surface area (Å²) in [7, 11) is 0. The van der Waals surface area contributed by atoms with Gasteiger partial charge >= 0.3 is 11.8 Å². The first-order valence-corrected chi connectivity index (χ1v) is 9.46. The van der Waals surface area contributed by atoms with Crippen molar-refractivity contribution in [2.24, 2.45) is 0 Å². The zero-order chi connectivity index (χ0) is 20.1. The van der Waals surface area contributed by atoms with Crippen LogP contribution in [0.25, 0.3) is 5.69 Å². The van der Waals surface area contributed by atoms with Crippen LogP contribution in [0.5, 0.6) is 5.75 Å². The van der Waals surface area contributed by atoms with Crippen molar-refractivity contribution in [1.82, 2.24) is 19.7 Å². The van der Waals surface area contributed by atoms with Crippen molar-refractivity contribution in [2.45, 2.75) is 18.9 Å². The summed E-state index contributed by atoms with van der Waals surface area (Å²) in [5.41, 5.74) is 1.36. The number of anilines is 1. The second kappa shape index (κ2) is 8.55. The zero-order valence-corrected chi connectivity index (χ0v) is 15.8. The van der Waals surface area contributed by atoms with E-state index in [1.165, 1.54) is 6.33 Å². The highest BCUT2D eigenvalue weighted by Gasteiger charge is 2.28. The first kappa shape index (κ1) is 18.7.